The van der Waals surface area contributed by atoms with Gasteiger partial charge in [-0.1, -0.05) is 35.3 Å². The van der Waals surface area contributed by atoms with Crippen molar-refractivity contribution in [1.82, 2.24) is 14.8 Å². The lowest BCUT2D eigenvalue weighted by atomic mass is 10.1. The normalized spacial score (nSPS) is 16.6. The summed E-state index contributed by atoms with van der Waals surface area (Å²) in [5.74, 6) is 0. The highest BCUT2D eigenvalue weighted by Crippen LogP contribution is 2.24. The van der Waals surface area contributed by atoms with E-state index in [0.29, 0.717) is 0 Å². The largest absolute Gasteiger partial charge is 0.361 e. The van der Waals surface area contributed by atoms with Crippen LogP contribution in [-0.4, -0.2) is 41.0 Å². The highest BCUT2D eigenvalue weighted by molar-refractivity contribution is 6.31. The summed E-state index contributed by atoms with van der Waals surface area (Å²) in [7, 11) is 0. The highest BCUT2D eigenvalue weighted by Gasteiger charge is 2.18. The summed E-state index contributed by atoms with van der Waals surface area (Å²) in [6.07, 6.45) is 2.11. The van der Waals surface area contributed by atoms with Crippen LogP contribution in [-0.2, 0) is 13.1 Å². The van der Waals surface area contributed by atoms with Gasteiger partial charge in [-0.3, -0.25) is 9.80 Å². The van der Waals surface area contributed by atoms with E-state index < -0.39 is 0 Å². The molecule has 130 valence electrons. The minimum absolute atomic E-state index is 0.791. The zero-order valence-corrected chi connectivity index (χ0v) is 15.5. The molecule has 0 amide bonds. The third-order valence-electron chi connectivity index (χ3n) is 4.88. The van der Waals surface area contributed by atoms with Gasteiger partial charge in [0, 0.05) is 66.4 Å². The molecule has 0 saturated carbocycles. The first-order chi connectivity index (χ1) is 12.2. The Hall–Kier alpha value is -1.52. The van der Waals surface area contributed by atoms with Crippen LogP contribution < -0.4 is 0 Å². The number of fused-ring (bicyclic) bond motifs is 1. The van der Waals surface area contributed by atoms with E-state index in [4.69, 9.17) is 23.2 Å². The number of rotatable bonds is 4. The number of hydrogen-bond acceptors (Lipinski definition) is 2. The van der Waals surface area contributed by atoms with Crippen molar-refractivity contribution in [2.75, 3.05) is 26.2 Å². The molecule has 4 rings (SSSR count). The molecule has 1 aliphatic rings. The lowest BCUT2D eigenvalue weighted by Crippen LogP contribution is -2.45. The molecule has 1 aromatic heterocycles. The van der Waals surface area contributed by atoms with Crippen LogP contribution in [0.15, 0.2) is 48.7 Å². The van der Waals surface area contributed by atoms with Gasteiger partial charge in [-0.05, 0) is 41.5 Å². The number of halogens is 2. The van der Waals surface area contributed by atoms with E-state index in [-0.39, 0.29) is 0 Å². The summed E-state index contributed by atoms with van der Waals surface area (Å²) in [6, 6.07) is 14.2. The van der Waals surface area contributed by atoms with Crippen LogP contribution in [0.25, 0.3) is 10.9 Å². The third kappa shape index (κ3) is 4.01. The Morgan fingerprint density at radius 2 is 1.56 bits per heavy atom. The molecule has 0 atom stereocenters. The first-order valence-corrected chi connectivity index (χ1v) is 9.38. The van der Waals surface area contributed by atoms with E-state index in [1.165, 1.54) is 16.5 Å². The molecule has 1 saturated heterocycles. The molecule has 2 aromatic carbocycles. The standard InChI is InChI=1S/C20H21Cl2N3/c21-17-3-1-2-15(10-17)13-24-6-8-25(9-7-24)14-16-12-23-20-5-4-18(22)11-19(16)20/h1-5,10-12,23H,6-9,13-14H2. The van der Waals surface area contributed by atoms with Crippen molar-refractivity contribution in [1.29, 1.82) is 0 Å². The lowest BCUT2D eigenvalue weighted by molar-refractivity contribution is 0.122. The van der Waals surface area contributed by atoms with Gasteiger partial charge in [0.25, 0.3) is 0 Å². The Kier molecular flexibility index (Phi) is 5.00. The molecule has 25 heavy (non-hydrogen) atoms. The zero-order valence-electron chi connectivity index (χ0n) is 14.0. The van der Waals surface area contributed by atoms with Crippen molar-refractivity contribution < 1.29 is 0 Å². The number of H-pyrrole nitrogens is 1. The summed E-state index contributed by atoms with van der Waals surface area (Å²) in [5.41, 5.74) is 3.76. The second-order valence-corrected chi connectivity index (χ2v) is 7.56. The molecular formula is C20H21Cl2N3. The van der Waals surface area contributed by atoms with E-state index in [1.807, 2.05) is 24.3 Å². The fourth-order valence-corrected chi connectivity index (χ4v) is 3.91. The molecule has 0 aliphatic carbocycles. The van der Waals surface area contributed by atoms with E-state index in [1.54, 1.807) is 0 Å². The average Bonchev–Trinajstić information content (AvgIpc) is 2.99. The summed E-state index contributed by atoms with van der Waals surface area (Å²) in [4.78, 5) is 8.35. The van der Waals surface area contributed by atoms with Crippen molar-refractivity contribution >= 4 is 34.1 Å². The number of benzene rings is 2. The van der Waals surface area contributed by atoms with Gasteiger partial charge in [0.2, 0.25) is 0 Å². The molecule has 1 N–H and O–H groups in total. The van der Waals surface area contributed by atoms with Crippen molar-refractivity contribution in [3.05, 3.63) is 69.8 Å². The predicted octanol–water partition coefficient (Wildman–Crippen LogP) is 4.79. The zero-order chi connectivity index (χ0) is 17.2. The quantitative estimate of drug-likeness (QED) is 0.709. The first-order valence-electron chi connectivity index (χ1n) is 8.62. The smallest absolute Gasteiger partial charge is 0.0458 e. The SMILES string of the molecule is Clc1cccc(CN2CCN(Cc3c[nH]c4ccc(Cl)cc34)CC2)c1. The Morgan fingerprint density at radius 3 is 2.32 bits per heavy atom. The van der Waals surface area contributed by atoms with Crippen molar-refractivity contribution in [3.63, 3.8) is 0 Å². The van der Waals surface area contributed by atoms with Crippen LogP contribution in [0.2, 0.25) is 10.0 Å². The van der Waals surface area contributed by atoms with Crippen LogP contribution in [0.5, 0.6) is 0 Å². The first kappa shape index (κ1) is 16.9. The summed E-state index contributed by atoms with van der Waals surface area (Å²) in [6.45, 7) is 6.25. The predicted molar refractivity (Wildman–Crippen MR) is 105 cm³/mol. The maximum Gasteiger partial charge on any atom is 0.0458 e. The minimum Gasteiger partial charge on any atom is -0.361 e. The van der Waals surface area contributed by atoms with Crippen LogP contribution in [0.1, 0.15) is 11.1 Å². The van der Waals surface area contributed by atoms with E-state index in [0.717, 1.165) is 54.8 Å². The van der Waals surface area contributed by atoms with Gasteiger partial charge in [0.05, 0.1) is 0 Å². The molecule has 0 bridgehead atoms. The minimum atomic E-state index is 0.791. The Labute approximate surface area is 158 Å². The molecule has 3 aromatic rings. The van der Waals surface area contributed by atoms with Gasteiger partial charge in [-0.25, -0.2) is 0 Å². The fraction of sp³-hybridized carbons (Fsp3) is 0.300. The summed E-state index contributed by atoms with van der Waals surface area (Å²) >= 11 is 12.2. The summed E-state index contributed by atoms with van der Waals surface area (Å²) < 4.78 is 0. The lowest BCUT2D eigenvalue weighted by Gasteiger charge is -2.34. The Morgan fingerprint density at radius 1 is 0.840 bits per heavy atom. The van der Waals surface area contributed by atoms with E-state index >= 15 is 0 Å². The molecule has 0 spiro atoms. The molecule has 3 nitrogen and oxygen atoms in total. The Balaban J connectivity index is 1.36. The number of aromatic amines is 1. The fourth-order valence-electron chi connectivity index (χ4n) is 3.52. The highest BCUT2D eigenvalue weighted by atomic mass is 35.5. The maximum atomic E-state index is 6.15. The molecule has 0 unspecified atom stereocenters. The number of aromatic nitrogens is 1. The second-order valence-electron chi connectivity index (χ2n) is 6.69. The number of piperazine rings is 1. The van der Waals surface area contributed by atoms with Gasteiger partial charge in [-0.2, -0.15) is 0 Å². The second kappa shape index (κ2) is 7.38. The van der Waals surface area contributed by atoms with Gasteiger partial charge < -0.3 is 4.98 Å². The van der Waals surface area contributed by atoms with E-state index in [2.05, 4.69) is 39.2 Å². The Bertz CT molecular complexity index is 866. The monoisotopic (exact) mass is 373 g/mol. The van der Waals surface area contributed by atoms with Gasteiger partial charge in [0.15, 0.2) is 0 Å². The number of nitrogens with zero attached hydrogens (tertiary/aromatic N) is 2. The number of nitrogens with one attached hydrogen (secondary N) is 1. The molecule has 1 fully saturated rings. The molecule has 5 heteroatoms. The van der Waals surface area contributed by atoms with Crippen molar-refractivity contribution in [2.24, 2.45) is 0 Å². The van der Waals surface area contributed by atoms with Crippen LogP contribution >= 0.6 is 23.2 Å². The number of hydrogen-bond donors (Lipinski definition) is 1. The summed E-state index contributed by atoms with van der Waals surface area (Å²) in [5, 5.41) is 2.84. The maximum absolute atomic E-state index is 6.15. The topological polar surface area (TPSA) is 22.3 Å². The van der Waals surface area contributed by atoms with Gasteiger partial charge in [-0.15, -0.1) is 0 Å². The van der Waals surface area contributed by atoms with Crippen molar-refractivity contribution in [2.45, 2.75) is 13.1 Å². The third-order valence-corrected chi connectivity index (χ3v) is 5.35. The molecule has 1 aliphatic heterocycles. The van der Waals surface area contributed by atoms with Crippen LogP contribution in [0.4, 0.5) is 0 Å². The van der Waals surface area contributed by atoms with Crippen LogP contribution in [0, 0.1) is 0 Å². The molecule has 0 radical (unpaired) electrons. The van der Waals surface area contributed by atoms with E-state index in [9.17, 15) is 0 Å². The molecular weight excluding hydrogens is 353 g/mol. The van der Waals surface area contributed by atoms with Gasteiger partial charge >= 0.3 is 0 Å². The average molecular weight is 374 g/mol. The molecule has 2 heterocycles. The van der Waals surface area contributed by atoms with Crippen molar-refractivity contribution in [3.8, 4) is 0 Å². The van der Waals surface area contributed by atoms with Crippen LogP contribution in [0.3, 0.4) is 0 Å². The van der Waals surface area contributed by atoms with Gasteiger partial charge in [0.1, 0.15) is 0 Å².